The molecule has 1 aromatic carbocycles. The zero-order valence-corrected chi connectivity index (χ0v) is 13.4. The zero-order chi connectivity index (χ0) is 18.0. The molecular weight excluding hydrogens is 336 g/mol. The number of nitrogens with zero attached hydrogens (tertiary/aromatic N) is 1. The van der Waals surface area contributed by atoms with E-state index in [-0.39, 0.29) is 18.5 Å². The van der Waals surface area contributed by atoms with Crippen molar-refractivity contribution in [3.63, 3.8) is 0 Å². The van der Waals surface area contributed by atoms with Gasteiger partial charge in [-0.25, -0.2) is 4.39 Å². The number of carbonyl (C=O) groups is 1. The van der Waals surface area contributed by atoms with Gasteiger partial charge in [0.1, 0.15) is 5.82 Å². The Kier molecular flexibility index (Phi) is 4.83. The van der Waals surface area contributed by atoms with Crippen LogP contribution in [0.3, 0.4) is 0 Å². The second-order valence-corrected chi connectivity index (χ2v) is 6.35. The first-order chi connectivity index (χ1) is 11.8. The lowest BCUT2D eigenvalue weighted by Gasteiger charge is -2.29. The summed E-state index contributed by atoms with van der Waals surface area (Å²) in [6.07, 6.45) is -0.217. The van der Waals surface area contributed by atoms with Gasteiger partial charge < -0.3 is 9.88 Å². The van der Waals surface area contributed by atoms with E-state index in [1.165, 1.54) is 12.1 Å². The van der Waals surface area contributed by atoms with Crippen molar-refractivity contribution >= 4 is 11.6 Å². The highest BCUT2D eigenvalue weighted by Gasteiger charge is 2.43. The van der Waals surface area contributed by atoms with Gasteiger partial charge in [0.2, 0.25) is 5.91 Å². The highest BCUT2D eigenvalue weighted by atomic mass is 19.4. The van der Waals surface area contributed by atoms with Gasteiger partial charge in [0.15, 0.2) is 0 Å². The minimum atomic E-state index is -4.29. The highest BCUT2D eigenvalue weighted by Crippen LogP contribution is 2.40. The van der Waals surface area contributed by atoms with E-state index in [9.17, 15) is 22.4 Å². The summed E-state index contributed by atoms with van der Waals surface area (Å²) in [5.74, 6) is -3.40. The molecular formula is C18H18F4N2O. The van der Waals surface area contributed by atoms with Crippen LogP contribution in [0.5, 0.6) is 0 Å². The largest absolute Gasteiger partial charge is 0.391 e. The van der Waals surface area contributed by atoms with E-state index >= 15 is 0 Å². The lowest BCUT2D eigenvalue weighted by Crippen LogP contribution is -2.34. The monoisotopic (exact) mass is 354 g/mol. The molecule has 7 heteroatoms. The van der Waals surface area contributed by atoms with Gasteiger partial charge in [-0.3, -0.25) is 4.79 Å². The minimum Gasteiger partial charge on any atom is -0.324 e. The normalized spacial score (nSPS) is 21.1. The number of benzene rings is 1. The fraction of sp³-hybridized carbons (Fsp3) is 0.389. The molecule has 0 bridgehead atoms. The average molecular weight is 354 g/mol. The van der Waals surface area contributed by atoms with Crippen LogP contribution in [0.2, 0.25) is 0 Å². The van der Waals surface area contributed by atoms with Crippen LogP contribution in [-0.4, -0.2) is 16.7 Å². The third kappa shape index (κ3) is 4.03. The molecule has 2 atom stereocenters. The predicted octanol–water partition coefficient (Wildman–Crippen LogP) is 4.92. The second-order valence-electron chi connectivity index (χ2n) is 6.35. The standard InChI is InChI=1S/C18H18F4N2O/c19-15-7-6-14(24-8-1-2-9-24)11-16(15)23-17(25)12-4-3-5-13(10-12)18(20,21)22/h1-2,6-9,11-13H,3-5,10H2,(H,23,25). The van der Waals surface area contributed by atoms with Gasteiger partial charge >= 0.3 is 6.18 Å². The molecule has 3 nitrogen and oxygen atoms in total. The Labute approximate surface area is 142 Å². The maximum Gasteiger partial charge on any atom is 0.391 e. The highest BCUT2D eigenvalue weighted by molar-refractivity contribution is 5.93. The summed E-state index contributed by atoms with van der Waals surface area (Å²) in [5.41, 5.74) is 0.629. The Morgan fingerprint density at radius 3 is 2.56 bits per heavy atom. The molecule has 134 valence electrons. The van der Waals surface area contributed by atoms with E-state index in [0.29, 0.717) is 18.5 Å². The number of hydrogen-bond acceptors (Lipinski definition) is 1. The van der Waals surface area contributed by atoms with Crippen LogP contribution in [0.25, 0.3) is 5.69 Å². The summed E-state index contributed by atoms with van der Waals surface area (Å²) in [6, 6.07) is 7.87. The fourth-order valence-corrected chi connectivity index (χ4v) is 3.24. The molecule has 1 aromatic heterocycles. The minimum absolute atomic E-state index is 0.0228. The van der Waals surface area contributed by atoms with Crippen molar-refractivity contribution in [3.8, 4) is 5.69 Å². The average Bonchev–Trinajstić information content (AvgIpc) is 3.10. The lowest BCUT2D eigenvalue weighted by atomic mass is 9.80. The fourth-order valence-electron chi connectivity index (χ4n) is 3.24. The summed E-state index contributed by atoms with van der Waals surface area (Å²) in [5, 5.41) is 2.46. The molecule has 2 aromatic rings. The molecule has 25 heavy (non-hydrogen) atoms. The number of amides is 1. The van der Waals surface area contributed by atoms with Crippen LogP contribution in [0.4, 0.5) is 23.2 Å². The van der Waals surface area contributed by atoms with Crippen LogP contribution in [-0.2, 0) is 4.79 Å². The zero-order valence-electron chi connectivity index (χ0n) is 13.4. The molecule has 3 rings (SSSR count). The van der Waals surface area contributed by atoms with Gasteiger partial charge in [0.25, 0.3) is 0 Å². The first-order valence-corrected chi connectivity index (χ1v) is 8.15. The first kappa shape index (κ1) is 17.5. The quantitative estimate of drug-likeness (QED) is 0.780. The SMILES string of the molecule is O=C(Nc1cc(-n2cccc2)ccc1F)C1CCCC(C(F)(F)F)C1. The van der Waals surface area contributed by atoms with Gasteiger partial charge in [-0.2, -0.15) is 13.2 Å². The summed E-state index contributed by atoms with van der Waals surface area (Å²) in [6.45, 7) is 0. The van der Waals surface area contributed by atoms with Crippen molar-refractivity contribution < 1.29 is 22.4 Å². The van der Waals surface area contributed by atoms with E-state index in [0.717, 1.165) is 0 Å². The Balaban J connectivity index is 1.73. The second kappa shape index (κ2) is 6.90. The molecule has 0 aliphatic heterocycles. The van der Waals surface area contributed by atoms with Gasteiger partial charge in [-0.05, 0) is 49.6 Å². The van der Waals surface area contributed by atoms with Crippen LogP contribution in [0.15, 0.2) is 42.7 Å². The third-order valence-corrected chi connectivity index (χ3v) is 4.62. The molecule has 1 fully saturated rings. The van der Waals surface area contributed by atoms with Crippen molar-refractivity contribution in [1.82, 2.24) is 4.57 Å². The number of anilines is 1. The number of nitrogens with one attached hydrogen (secondary N) is 1. The molecule has 0 radical (unpaired) electrons. The lowest BCUT2D eigenvalue weighted by molar-refractivity contribution is -0.185. The Morgan fingerprint density at radius 2 is 1.88 bits per heavy atom. The molecule has 0 spiro atoms. The van der Waals surface area contributed by atoms with E-state index in [4.69, 9.17) is 0 Å². The van der Waals surface area contributed by atoms with E-state index in [2.05, 4.69) is 5.32 Å². The van der Waals surface area contributed by atoms with Crippen molar-refractivity contribution in [1.29, 1.82) is 0 Å². The van der Waals surface area contributed by atoms with Gasteiger partial charge in [0, 0.05) is 24.0 Å². The van der Waals surface area contributed by atoms with Gasteiger partial charge in [-0.1, -0.05) is 6.42 Å². The van der Waals surface area contributed by atoms with Crippen LogP contribution in [0, 0.1) is 17.7 Å². The van der Waals surface area contributed by atoms with E-state index in [1.807, 2.05) is 0 Å². The Hall–Kier alpha value is -2.31. The van der Waals surface area contributed by atoms with Crippen molar-refractivity contribution in [2.24, 2.45) is 11.8 Å². The Morgan fingerprint density at radius 1 is 1.16 bits per heavy atom. The summed E-state index contributed by atoms with van der Waals surface area (Å²) < 4.78 is 54.4. The van der Waals surface area contributed by atoms with Crippen LogP contribution in [0.1, 0.15) is 25.7 Å². The molecule has 1 saturated carbocycles. The number of carbonyl (C=O) groups excluding carboxylic acids is 1. The van der Waals surface area contributed by atoms with Crippen LogP contribution >= 0.6 is 0 Å². The molecule has 1 aliphatic rings. The van der Waals surface area contributed by atoms with E-state index in [1.54, 1.807) is 35.2 Å². The predicted molar refractivity (Wildman–Crippen MR) is 85.9 cm³/mol. The molecule has 1 aliphatic carbocycles. The number of aromatic nitrogens is 1. The maximum atomic E-state index is 14.0. The van der Waals surface area contributed by atoms with E-state index < -0.39 is 29.7 Å². The molecule has 2 unspecified atom stereocenters. The van der Waals surface area contributed by atoms with Crippen LogP contribution < -0.4 is 5.32 Å². The van der Waals surface area contributed by atoms with Gasteiger partial charge in [-0.15, -0.1) is 0 Å². The number of rotatable bonds is 3. The van der Waals surface area contributed by atoms with Crippen molar-refractivity contribution in [3.05, 3.63) is 48.5 Å². The topological polar surface area (TPSA) is 34.0 Å². The molecule has 0 saturated heterocycles. The van der Waals surface area contributed by atoms with Gasteiger partial charge in [0.05, 0.1) is 11.6 Å². The first-order valence-electron chi connectivity index (χ1n) is 8.15. The number of alkyl halides is 3. The van der Waals surface area contributed by atoms with Crippen molar-refractivity contribution in [2.45, 2.75) is 31.9 Å². The number of halogens is 4. The summed E-state index contributed by atoms with van der Waals surface area (Å²) in [7, 11) is 0. The molecule has 1 amide bonds. The Bertz CT molecular complexity index is 740. The number of hydrogen-bond donors (Lipinski definition) is 1. The summed E-state index contributed by atoms with van der Waals surface area (Å²) >= 11 is 0. The molecule has 1 N–H and O–H groups in total. The maximum absolute atomic E-state index is 14.0. The smallest absolute Gasteiger partial charge is 0.324 e. The third-order valence-electron chi connectivity index (χ3n) is 4.62. The summed E-state index contributed by atoms with van der Waals surface area (Å²) in [4.78, 5) is 12.3. The van der Waals surface area contributed by atoms with Crippen molar-refractivity contribution in [2.75, 3.05) is 5.32 Å². The molecule has 1 heterocycles.